The molecule has 1 N–H and O–H groups in total. The van der Waals surface area contributed by atoms with Gasteiger partial charge in [-0.3, -0.25) is 0 Å². The monoisotopic (exact) mass is 374 g/mol. The highest BCUT2D eigenvalue weighted by molar-refractivity contribution is 5.68. The highest BCUT2D eigenvalue weighted by Crippen LogP contribution is 2.33. The molecule has 0 radical (unpaired) electrons. The Morgan fingerprint density at radius 1 is 1.26 bits per heavy atom. The Labute approximate surface area is 152 Å². The molecule has 0 atom stereocenters. The predicted octanol–water partition coefficient (Wildman–Crippen LogP) is 3.20. The van der Waals surface area contributed by atoms with E-state index >= 15 is 0 Å². The number of alkyl halides is 3. The average molecular weight is 374 g/mol. The van der Waals surface area contributed by atoms with E-state index in [0.29, 0.717) is 5.65 Å². The van der Waals surface area contributed by atoms with Crippen molar-refractivity contribution in [3.05, 3.63) is 64.1 Å². The van der Waals surface area contributed by atoms with Crippen molar-refractivity contribution >= 4 is 5.65 Å². The summed E-state index contributed by atoms with van der Waals surface area (Å²) in [5.74, 6) is -0.472. The molecule has 2 aromatic heterocycles. The highest BCUT2D eigenvalue weighted by atomic mass is 19.4. The first-order valence-corrected chi connectivity index (χ1v) is 8.06. The average Bonchev–Trinajstić information content (AvgIpc) is 2.61. The lowest BCUT2D eigenvalue weighted by atomic mass is 10.0. The standard InChI is InChI=1S/C19H14F3N3O2/c1-12-6-9-25-15(10-12)24(8-3-7-23)17(26)16(18(25)27)13-4-2-5-14(11-13)19(20,21)22/h2,4-6,9-11H,3,8H2,1H3/p+1. The number of nitriles is 1. The molecule has 5 nitrogen and oxygen atoms in total. The maximum absolute atomic E-state index is 13.0. The summed E-state index contributed by atoms with van der Waals surface area (Å²) in [6, 6.07) is 9.53. The van der Waals surface area contributed by atoms with Gasteiger partial charge in [-0.2, -0.15) is 27.4 Å². The summed E-state index contributed by atoms with van der Waals surface area (Å²) in [5, 5.41) is 19.6. The number of halogens is 3. The molecule has 0 aliphatic heterocycles. The van der Waals surface area contributed by atoms with Gasteiger partial charge in [0.1, 0.15) is 12.7 Å². The van der Waals surface area contributed by atoms with Gasteiger partial charge in [0.05, 0.1) is 18.1 Å². The lowest BCUT2D eigenvalue weighted by Crippen LogP contribution is -2.41. The van der Waals surface area contributed by atoms with Crippen molar-refractivity contribution in [1.82, 2.24) is 4.40 Å². The second-order valence-corrected chi connectivity index (χ2v) is 6.07. The molecule has 1 aromatic carbocycles. The van der Waals surface area contributed by atoms with Gasteiger partial charge in [0.25, 0.3) is 11.5 Å². The molecule has 3 aromatic rings. The zero-order valence-electron chi connectivity index (χ0n) is 14.3. The van der Waals surface area contributed by atoms with Crippen molar-refractivity contribution in [3.8, 4) is 23.1 Å². The van der Waals surface area contributed by atoms with Crippen molar-refractivity contribution < 1.29 is 22.8 Å². The van der Waals surface area contributed by atoms with Crippen LogP contribution < -0.4 is 10.1 Å². The molecule has 0 amide bonds. The lowest BCUT2D eigenvalue weighted by molar-refractivity contribution is -0.679. The summed E-state index contributed by atoms with van der Waals surface area (Å²) >= 11 is 0. The smallest absolute Gasteiger partial charge is 0.416 e. The number of pyridine rings is 1. The zero-order chi connectivity index (χ0) is 19.8. The molecule has 0 saturated carbocycles. The summed E-state index contributed by atoms with van der Waals surface area (Å²) < 4.78 is 41.7. The normalized spacial score (nSPS) is 11.5. The Hall–Kier alpha value is -3.34. The van der Waals surface area contributed by atoms with Crippen LogP contribution in [0, 0.1) is 18.3 Å². The van der Waals surface area contributed by atoms with Crippen molar-refractivity contribution in [2.75, 3.05) is 0 Å². The summed E-state index contributed by atoms with van der Waals surface area (Å²) in [7, 11) is 0. The number of fused-ring (bicyclic) bond motifs is 1. The van der Waals surface area contributed by atoms with Crippen LogP contribution in [0.1, 0.15) is 17.5 Å². The molecule has 0 aliphatic carbocycles. The van der Waals surface area contributed by atoms with Gasteiger partial charge in [0.15, 0.2) is 5.56 Å². The molecule has 2 heterocycles. The van der Waals surface area contributed by atoms with Crippen LogP contribution in [0.3, 0.4) is 0 Å². The van der Waals surface area contributed by atoms with Crippen LogP contribution in [0.4, 0.5) is 13.2 Å². The van der Waals surface area contributed by atoms with Gasteiger partial charge >= 0.3 is 11.7 Å². The van der Waals surface area contributed by atoms with Crippen molar-refractivity contribution in [2.45, 2.75) is 26.1 Å². The number of rotatable bonds is 3. The Balaban J connectivity index is 2.36. The third kappa shape index (κ3) is 3.36. The van der Waals surface area contributed by atoms with Gasteiger partial charge in [-0.25, -0.2) is 4.79 Å². The molecule has 8 heteroatoms. The van der Waals surface area contributed by atoms with E-state index in [9.17, 15) is 23.1 Å². The number of aromatic nitrogens is 2. The fraction of sp³-hybridized carbons (Fsp3) is 0.211. The summed E-state index contributed by atoms with van der Waals surface area (Å²) in [5.41, 5.74) is -0.686. The molecular formula is C19H15F3N3O2+. The summed E-state index contributed by atoms with van der Waals surface area (Å²) in [6.07, 6.45) is -3.03. The highest BCUT2D eigenvalue weighted by Gasteiger charge is 2.32. The Morgan fingerprint density at radius 3 is 2.67 bits per heavy atom. The van der Waals surface area contributed by atoms with E-state index in [1.54, 1.807) is 19.1 Å². The fourth-order valence-electron chi connectivity index (χ4n) is 2.91. The molecule has 3 rings (SSSR count). The lowest BCUT2D eigenvalue weighted by Gasteiger charge is -2.11. The molecular weight excluding hydrogens is 359 g/mol. The quantitative estimate of drug-likeness (QED) is 0.716. The van der Waals surface area contributed by atoms with E-state index in [4.69, 9.17) is 5.26 Å². The van der Waals surface area contributed by atoms with Gasteiger partial charge in [0.2, 0.25) is 0 Å². The zero-order valence-corrected chi connectivity index (χ0v) is 14.3. The van der Waals surface area contributed by atoms with Crippen LogP contribution in [0.15, 0.2) is 47.4 Å². The van der Waals surface area contributed by atoms with Gasteiger partial charge < -0.3 is 5.11 Å². The van der Waals surface area contributed by atoms with E-state index in [0.717, 1.165) is 17.7 Å². The van der Waals surface area contributed by atoms with Gasteiger partial charge in [-0.15, -0.1) is 0 Å². The number of benzene rings is 1. The van der Waals surface area contributed by atoms with Crippen LogP contribution in [-0.2, 0) is 12.7 Å². The molecule has 0 spiro atoms. The molecule has 0 saturated heterocycles. The Bertz CT molecular complexity index is 1130. The molecule has 0 aliphatic rings. The first kappa shape index (κ1) is 18.5. The minimum absolute atomic E-state index is 0.0481. The maximum atomic E-state index is 13.0. The summed E-state index contributed by atoms with van der Waals surface area (Å²) in [4.78, 5) is 12.9. The fourth-order valence-corrected chi connectivity index (χ4v) is 2.91. The Morgan fingerprint density at radius 2 is 2.00 bits per heavy atom. The van der Waals surface area contributed by atoms with Gasteiger partial charge in [-0.05, 0) is 36.2 Å². The van der Waals surface area contributed by atoms with Crippen molar-refractivity contribution in [1.29, 1.82) is 5.26 Å². The second-order valence-electron chi connectivity index (χ2n) is 6.07. The van der Waals surface area contributed by atoms with E-state index in [-0.39, 0.29) is 24.1 Å². The predicted molar refractivity (Wildman–Crippen MR) is 90.9 cm³/mol. The number of hydrogen-bond acceptors (Lipinski definition) is 3. The number of hydrogen-bond donors (Lipinski definition) is 1. The molecule has 27 heavy (non-hydrogen) atoms. The van der Waals surface area contributed by atoms with E-state index in [1.807, 2.05) is 6.07 Å². The maximum Gasteiger partial charge on any atom is 0.416 e. The third-order valence-corrected chi connectivity index (χ3v) is 4.20. The Kier molecular flexibility index (Phi) is 4.62. The number of nitrogens with zero attached hydrogens (tertiary/aromatic N) is 3. The van der Waals surface area contributed by atoms with Crippen LogP contribution in [0.25, 0.3) is 16.8 Å². The van der Waals surface area contributed by atoms with Crippen LogP contribution in [-0.4, -0.2) is 9.51 Å². The van der Waals surface area contributed by atoms with E-state index in [1.165, 1.54) is 27.3 Å². The van der Waals surface area contributed by atoms with Crippen LogP contribution in [0.5, 0.6) is 5.88 Å². The van der Waals surface area contributed by atoms with E-state index < -0.39 is 23.2 Å². The topological polar surface area (TPSA) is 69.4 Å². The largest absolute Gasteiger partial charge is 0.477 e. The molecule has 0 fully saturated rings. The minimum atomic E-state index is -4.58. The first-order valence-electron chi connectivity index (χ1n) is 8.06. The minimum Gasteiger partial charge on any atom is -0.477 e. The first-order chi connectivity index (χ1) is 12.7. The van der Waals surface area contributed by atoms with Crippen LogP contribution >= 0.6 is 0 Å². The molecule has 138 valence electrons. The SMILES string of the molecule is Cc1ccn2c(=O)c(-c3cccc(C(F)(F)F)c3)c(O)[n+](CCC#N)c2c1. The van der Waals surface area contributed by atoms with Crippen LogP contribution in [0.2, 0.25) is 0 Å². The molecule has 0 bridgehead atoms. The number of aryl methyl sites for hydroxylation is 2. The van der Waals surface area contributed by atoms with E-state index in [2.05, 4.69) is 0 Å². The van der Waals surface area contributed by atoms with Gasteiger partial charge in [0, 0.05) is 6.07 Å². The summed E-state index contributed by atoms with van der Waals surface area (Å²) in [6.45, 7) is 1.89. The van der Waals surface area contributed by atoms with Crippen molar-refractivity contribution in [3.63, 3.8) is 0 Å². The second kappa shape index (κ2) is 6.76. The third-order valence-electron chi connectivity index (χ3n) is 4.20. The van der Waals surface area contributed by atoms with Gasteiger partial charge in [-0.1, -0.05) is 12.1 Å². The number of aromatic hydroxyl groups is 1. The van der Waals surface area contributed by atoms with Crippen molar-refractivity contribution in [2.24, 2.45) is 0 Å². The molecule has 0 unspecified atom stereocenters.